The third-order valence-corrected chi connectivity index (χ3v) is 6.43. The lowest BCUT2D eigenvalue weighted by atomic mass is 9.86. The Morgan fingerprint density at radius 1 is 1.00 bits per heavy atom. The molecule has 1 aliphatic carbocycles. The van der Waals surface area contributed by atoms with Crippen molar-refractivity contribution < 1.29 is 9.47 Å². The number of aromatic nitrogens is 4. The molecule has 0 N–H and O–H groups in total. The van der Waals surface area contributed by atoms with Gasteiger partial charge in [0.1, 0.15) is 17.8 Å². The molecule has 1 saturated carbocycles. The normalized spacial score (nSPS) is 23.3. The molecular formula is C23H25ClN4O2. The first-order valence-corrected chi connectivity index (χ1v) is 10.9. The van der Waals surface area contributed by atoms with E-state index in [4.69, 9.17) is 21.1 Å². The number of methoxy groups -OCH3 is 1. The maximum absolute atomic E-state index is 6.29. The van der Waals surface area contributed by atoms with E-state index in [2.05, 4.69) is 25.8 Å². The van der Waals surface area contributed by atoms with Crippen LogP contribution in [0.3, 0.4) is 0 Å². The number of benzene rings is 1. The molecule has 0 spiro atoms. The van der Waals surface area contributed by atoms with Gasteiger partial charge in [0.25, 0.3) is 0 Å². The van der Waals surface area contributed by atoms with Gasteiger partial charge in [-0.25, -0.2) is 4.98 Å². The fourth-order valence-electron chi connectivity index (χ4n) is 4.64. The molecule has 0 saturated heterocycles. The number of fused-ring (bicyclic) bond motifs is 3. The van der Waals surface area contributed by atoms with Crippen LogP contribution in [0.25, 0.3) is 5.69 Å². The lowest BCUT2D eigenvalue weighted by Crippen LogP contribution is -2.25. The van der Waals surface area contributed by atoms with Crippen LogP contribution in [0.5, 0.6) is 5.88 Å². The minimum absolute atomic E-state index is 0.0722. The summed E-state index contributed by atoms with van der Waals surface area (Å²) in [5.41, 5.74) is 2.31. The van der Waals surface area contributed by atoms with Gasteiger partial charge in [-0.05, 0) is 55.5 Å². The highest BCUT2D eigenvalue weighted by atomic mass is 35.5. The quantitative estimate of drug-likeness (QED) is 0.615. The smallest absolute Gasteiger partial charge is 0.213 e. The summed E-state index contributed by atoms with van der Waals surface area (Å²) in [6.45, 7) is 0. The zero-order valence-electron chi connectivity index (χ0n) is 17.0. The minimum Gasteiger partial charge on any atom is -0.474 e. The van der Waals surface area contributed by atoms with Crippen molar-refractivity contribution in [3.63, 3.8) is 0 Å². The van der Waals surface area contributed by atoms with Crippen LogP contribution < -0.4 is 4.74 Å². The Balaban J connectivity index is 1.39. The second kappa shape index (κ2) is 8.36. The van der Waals surface area contributed by atoms with Gasteiger partial charge in [0.2, 0.25) is 5.88 Å². The maximum atomic E-state index is 6.29. The van der Waals surface area contributed by atoms with Gasteiger partial charge in [0.05, 0.1) is 11.8 Å². The van der Waals surface area contributed by atoms with Crippen molar-refractivity contribution in [1.82, 2.24) is 19.7 Å². The van der Waals surface area contributed by atoms with Crippen molar-refractivity contribution in [2.75, 3.05) is 7.11 Å². The lowest BCUT2D eigenvalue weighted by Gasteiger charge is -2.28. The van der Waals surface area contributed by atoms with E-state index < -0.39 is 0 Å². The standard InChI is InChI=1S/C23H25ClN4O2/c1-29-19-13-16-12-17(24)7-10-20(16)28-21(14-19)26-27-23(28)15-5-8-18(9-6-15)30-22-4-2-3-11-25-22/h2-4,7,10-12,15,18-19H,5-6,8-9,13-14H2,1H3/t15-,18-,19-/m1/s1. The average molecular weight is 425 g/mol. The zero-order chi connectivity index (χ0) is 20.5. The van der Waals surface area contributed by atoms with Crippen molar-refractivity contribution in [3.05, 3.63) is 64.8 Å². The Bertz CT molecular complexity index is 1020. The topological polar surface area (TPSA) is 62.1 Å². The van der Waals surface area contributed by atoms with Crippen LogP contribution in [0.15, 0.2) is 42.6 Å². The van der Waals surface area contributed by atoms with Crippen molar-refractivity contribution >= 4 is 11.6 Å². The summed E-state index contributed by atoms with van der Waals surface area (Å²) in [5.74, 6) is 3.07. The first kappa shape index (κ1) is 19.5. The SMILES string of the molecule is CO[C@@H]1Cc2cc(Cl)ccc2-n2c(nnc2[C@H]2CC[C@H](Oc3ccccn3)CC2)C1. The van der Waals surface area contributed by atoms with Gasteiger partial charge in [-0.2, -0.15) is 0 Å². The Hall–Kier alpha value is -2.44. The number of nitrogens with zero attached hydrogens (tertiary/aromatic N) is 4. The molecule has 1 aliphatic heterocycles. The molecule has 6 nitrogen and oxygen atoms in total. The first-order valence-electron chi connectivity index (χ1n) is 10.5. The van der Waals surface area contributed by atoms with Crippen molar-refractivity contribution in [2.45, 2.75) is 56.7 Å². The van der Waals surface area contributed by atoms with Crippen LogP contribution in [0, 0.1) is 0 Å². The van der Waals surface area contributed by atoms with E-state index in [-0.39, 0.29) is 12.2 Å². The Morgan fingerprint density at radius 3 is 2.63 bits per heavy atom. The minimum atomic E-state index is 0.0722. The Kier molecular flexibility index (Phi) is 5.44. The second-order valence-corrected chi connectivity index (χ2v) is 8.54. The van der Waals surface area contributed by atoms with Gasteiger partial charge in [0, 0.05) is 43.2 Å². The molecule has 3 aromatic rings. The molecule has 1 atom stereocenters. The number of hydrogen-bond acceptors (Lipinski definition) is 5. The summed E-state index contributed by atoms with van der Waals surface area (Å²) in [6, 6.07) is 11.8. The van der Waals surface area contributed by atoms with Gasteiger partial charge in [0.15, 0.2) is 0 Å². The molecule has 0 unspecified atom stereocenters. The monoisotopic (exact) mass is 424 g/mol. The third kappa shape index (κ3) is 3.82. The average Bonchev–Trinajstić information content (AvgIpc) is 3.11. The molecule has 7 heteroatoms. The molecule has 3 heterocycles. The molecule has 0 radical (unpaired) electrons. The number of hydrogen-bond donors (Lipinski definition) is 0. The van der Waals surface area contributed by atoms with Gasteiger partial charge < -0.3 is 9.47 Å². The van der Waals surface area contributed by atoms with Crippen LogP contribution in [0.4, 0.5) is 0 Å². The molecule has 156 valence electrons. The van der Waals surface area contributed by atoms with Gasteiger partial charge in [-0.1, -0.05) is 17.7 Å². The summed E-state index contributed by atoms with van der Waals surface area (Å²) in [5, 5.41) is 9.93. The van der Waals surface area contributed by atoms with Crippen molar-refractivity contribution in [2.24, 2.45) is 0 Å². The van der Waals surface area contributed by atoms with E-state index in [1.54, 1.807) is 13.3 Å². The van der Waals surface area contributed by atoms with Crippen LogP contribution in [0.1, 0.15) is 48.8 Å². The highest BCUT2D eigenvalue weighted by Crippen LogP contribution is 2.37. The predicted octanol–water partition coefficient (Wildman–Crippen LogP) is 4.53. The molecular weight excluding hydrogens is 400 g/mol. The zero-order valence-corrected chi connectivity index (χ0v) is 17.8. The molecule has 2 aromatic heterocycles. The van der Waals surface area contributed by atoms with E-state index in [0.29, 0.717) is 11.8 Å². The second-order valence-electron chi connectivity index (χ2n) is 8.11. The highest BCUT2D eigenvalue weighted by Gasteiger charge is 2.31. The number of ether oxygens (including phenoxy) is 2. The summed E-state index contributed by atoms with van der Waals surface area (Å²) in [7, 11) is 1.75. The molecule has 1 fully saturated rings. The van der Waals surface area contributed by atoms with E-state index in [1.807, 2.05) is 30.3 Å². The molecule has 2 aliphatic rings. The van der Waals surface area contributed by atoms with E-state index in [1.165, 1.54) is 5.56 Å². The van der Waals surface area contributed by atoms with Gasteiger partial charge in [-0.3, -0.25) is 4.57 Å². The van der Waals surface area contributed by atoms with Crippen LogP contribution in [-0.4, -0.2) is 39.1 Å². The lowest BCUT2D eigenvalue weighted by molar-refractivity contribution is 0.103. The van der Waals surface area contributed by atoms with Crippen LogP contribution in [0.2, 0.25) is 5.02 Å². The van der Waals surface area contributed by atoms with Crippen LogP contribution >= 0.6 is 11.6 Å². The number of halogens is 1. The first-order chi connectivity index (χ1) is 14.7. The summed E-state index contributed by atoms with van der Waals surface area (Å²) >= 11 is 6.29. The Morgan fingerprint density at radius 2 is 1.87 bits per heavy atom. The van der Waals surface area contributed by atoms with Gasteiger partial charge in [-0.15, -0.1) is 10.2 Å². The highest BCUT2D eigenvalue weighted by molar-refractivity contribution is 6.30. The number of pyridine rings is 1. The third-order valence-electron chi connectivity index (χ3n) is 6.19. The largest absolute Gasteiger partial charge is 0.474 e. The molecule has 0 amide bonds. The Labute approximate surface area is 181 Å². The summed E-state index contributed by atoms with van der Waals surface area (Å²) < 4.78 is 14.0. The maximum Gasteiger partial charge on any atom is 0.213 e. The van der Waals surface area contributed by atoms with E-state index in [9.17, 15) is 0 Å². The molecule has 0 bridgehead atoms. The van der Waals surface area contributed by atoms with Gasteiger partial charge >= 0.3 is 0 Å². The fraction of sp³-hybridized carbons (Fsp3) is 0.435. The predicted molar refractivity (Wildman–Crippen MR) is 114 cm³/mol. The van der Waals surface area contributed by atoms with Crippen LogP contribution in [-0.2, 0) is 17.6 Å². The van der Waals surface area contributed by atoms with E-state index in [0.717, 1.165) is 60.9 Å². The molecule has 1 aromatic carbocycles. The molecule has 5 rings (SSSR count). The fourth-order valence-corrected chi connectivity index (χ4v) is 4.83. The van der Waals surface area contributed by atoms with E-state index >= 15 is 0 Å². The summed E-state index contributed by atoms with van der Waals surface area (Å²) in [6.07, 6.45) is 7.61. The van der Waals surface area contributed by atoms with Crippen molar-refractivity contribution in [1.29, 1.82) is 0 Å². The molecule has 30 heavy (non-hydrogen) atoms. The summed E-state index contributed by atoms with van der Waals surface area (Å²) in [4.78, 5) is 4.29. The number of rotatable bonds is 4. The van der Waals surface area contributed by atoms with Crippen molar-refractivity contribution in [3.8, 4) is 11.6 Å².